The molecule has 1 aliphatic rings. The molecule has 1 heterocycles. The third-order valence-corrected chi connectivity index (χ3v) is 6.80. The van der Waals surface area contributed by atoms with Crippen molar-refractivity contribution in [2.24, 2.45) is 0 Å². The molecular weight excluding hydrogens is 477 g/mol. The lowest BCUT2D eigenvalue weighted by Crippen LogP contribution is -2.38. The van der Waals surface area contributed by atoms with Gasteiger partial charge in [0.05, 0.1) is 11.3 Å². The van der Waals surface area contributed by atoms with E-state index in [0.29, 0.717) is 28.8 Å². The van der Waals surface area contributed by atoms with Gasteiger partial charge in [0.2, 0.25) is 0 Å². The topological polar surface area (TPSA) is 72.3 Å². The van der Waals surface area contributed by atoms with Crippen LogP contribution < -0.4 is 4.74 Å². The molecule has 184 valence electrons. The van der Waals surface area contributed by atoms with Gasteiger partial charge in [-0.3, -0.25) is 0 Å². The maximum absolute atomic E-state index is 12.9. The Labute approximate surface area is 205 Å². The zero-order chi connectivity index (χ0) is 25.4. The van der Waals surface area contributed by atoms with Crippen LogP contribution in [0.15, 0.2) is 53.6 Å². The van der Waals surface area contributed by atoms with Gasteiger partial charge >= 0.3 is 12.1 Å². The van der Waals surface area contributed by atoms with E-state index in [1.165, 1.54) is 26.0 Å². The van der Waals surface area contributed by atoms with Gasteiger partial charge in [0.15, 0.2) is 11.4 Å². The summed E-state index contributed by atoms with van der Waals surface area (Å²) in [4.78, 5) is 21.5. The molecule has 1 fully saturated rings. The lowest BCUT2D eigenvalue weighted by atomic mass is 10.1. The average molecular weight is 503 g/mol. The van der Waals surface area contributed by atoms with Gasteiger partial charge in [-0.15, -0.1) is 11.8 Å². The number of carbonyl (C=O) groups is 1. The van der Waals surface area contributed by atoms with Crippen molar-refractivity contribution in [3.8, 4) is 17.1 Å². The molecule has 35 heavy (non-hydrogen) atoms. The minimum atomic E-state index is -4.38. The Bertz CT molecular complexity index is 1240. The molecule has 0 bridgehead atoms. The molecule has 0 unspecified atom stereocenters. The molecule has 0 saturated heterocycles. The molecule has 1 aromatic heterocycles. The van der Waals surface area contributed by atoms with Crippen molar-refractivity contribution in [3.63, 3.8) is 0 Å². The number of carboxylic acid groups (broad SMARTS) is 1. The number of thioether (sulfide) groups is 1. The fourth-order valence-corrected chi connectivity index (χ4v) is 4.46. The highest BCUT2D eigenvalue weighted by atomic mass is 32.2. The fourth-order valence-electron chi connectivity index (χ4n) is 3.49. The number of benzene rings is 2. The highest BCUT2D eigenvalue weighted by Crippen LogP contribution is 2.42. The molecule has 1 saturated carbocycles. The number of hydrogen-bond acceptors (Lipinski definition) is 5. The number of aromatic nitrogens is 2. The van der Waals surface area contributed by atoms with Crippen LogP contribution in [0, 0.1) is 6.92 Å². The molecule has 0 spiro atoms. The standard InChI is InChI=1S/C26H25F3N2O3S/c1-15-12-20(10-11-21(15)34-25(2,3)24(32)33)35-14-18-13-30-23(31-22(18)16-4-5-16)17-6-8-19(9-7-17)26(27,28)29/h6-13,16H,4-5,14H2,1-3H3,(H,32,33). The molecule has 2 aromatic carbocycles. The van der Waals surface area contributed by atoms with E-state index < -0.39 is 23.3 Å². The minimum absolute atomic E-state index is 0.345. The van der Waals surface area contributed by atoms with Gasteiger partial charge in [-0.25, -0.2) is 14.8 Å². The number of halogens is 3. The summed E-state index contributed by atoms with van der Waals surface area (Å²) in [5.74, 6) is 0.886. The molecule has 4 rings (SSSR count). The lowest BCUT2D eigenvalue weighted by Gasteiger charge is -2.23. The largest absolute Gasteiger partial charge is 0.478 e. The van der Waals surface area contributed by atoms with E-state index in [-0.39, 0.29) is 0 Å². The Kier molecular flexibility index (Phi) is 6.81. The van der Waals surface area contributed by atoms with Crippen LogP contribution in [-0.2, 0) is 16.7 Å². The molecule has 0 amide bonds. The maximum Gasteiger partial charge on any atom is 0.416 e. The highest BCUT2D eigenvalue weighted by molar-refractivity contribution is 7.98. The number of rotatable bonds is 8. The molecule has 0 atom stereocenters. The highest BCUT2D eigenvalue weighted by Gasteiger charge is 2.31. The van der Waals surface area contributed by atoms with E-state index in [9.17, 15) is 23.1 Å². The normalized spacial score (nSPS) is 14.1. The predicted molar refractivity (Wildman–Crippen MR) is 128 cm³/mol. The van der Waals surface area contributed by atoms with Crippen LogP contribution >= 0.6 is 11.8 Å². The first-order valence-corrected chi connectivity index (χ1v) is 12.1. The Morgan fingerprint density at radius 1 is 1.14 bits per heavy atom. The molecule has 3 aromatic rings. The van der Waals surface area contributed by atoms with Crippen LogP contribution in [0.4, 0.5) is 13.2 Å². The number of hydrogen-bond donors (Lipinski definition) is 1. The van der Waals surface area contributed by atoms with E-state index in [1.807, 2.05) is 19.1 Å². The van der Waals surface area contributed by atoms with Gasteiger partial charge in [0, 0.05) is 33.9 Å². The quantitative estimate of drug-likeness (QED) is 0.339. The molecule has 0 radical (unpaired) electrons. The molecule has 5 nitrogen and oxygen atoms in total. The van der Waals surface area contributed by atoms with Crippen molar-refractivity contribution in [3.05, 3.63) is 71.0 Å². The summed E-state index contributed by atoms with van der Waals surface area (Å²) >= 11 is 1.61. The smallest absolute Gasteiger partial charge is 0.416 e. The number of alkyl halides is 3. The van der Waals surface area contributed by atoms with Gasteiger partial charge in [-0.1, -0.05) is 12.1 Å². The van der Waals surface area contributed by atoms with Gasteiger partial charge in [-0.05, 0) is 69.5 Å². The number of nitrogens with zero attached hydrogens (tertiary/aromatic N) is 2. The SMILES string of the molecule is Cc1cc(SCc2cnc(-c3ccc(C(F)(F)F)cc3)nc2C2CC2)ccc1OC(C)(C)C(=O)O. The Morgan fingerprint density at radius 2 is 1.83 bits per heavy atom. The molecule has 0 aliphatic heterocycles. The van der Waals surface area contributed by atoms with Crippen LogP contribution in [0.1, 0.15) is 55.0 Å². The van der Waals surface area contributed by atoms with Crippen molar-refractivity contribution in [2.75, 3.05) is 0 Å². The summed E-state index contributed by atoms with van der Waals surface area (Å²) in [6.45, 7) is 4.88. The number of carboxylic acids is 1. The Hall–Kier alpha value is -3.07. The summed E-state index contributed by atoms with van der Waals surface area (Å²) < 4.78 is 44.3. The maximum atomic E-state index is 12.9. The number of ether oxygens (including phenoxy) is 1. The molecule has 1 N–H and O–H groups in total. The second-order valence-corrected chi connectivity index (χ2v) is 10.1. The van der Waals surface area contributed by atoms with Gasteiger partial charge in [0.25, 0.3) is 0 Å². The van der Waals surface area contributed by atoms with Gasteiger partial charge in [-0.2, -0.15) is 13.2 Å². The van der Waals surface area contributed by atoms with Crippen molar-refractivity contribution in [1.82, 2.24) is 9.97 Å². The fraction of sp³-hybridized carbons (Fsp3) is 0.346. The van der Waals surface area contributed by atoms with Crippen molar-refractivity contribution in [1.29, 1.82) is 0 Å². The first-order valence-electron chi connectivity index (χ1n) is 11.1. The van der Waals surface area contributed by atoms with Crippen molar-refractivity contribution < 1.29 is 27.8 Å². The van der Waals surface area contributed by atoms with E-state index in [2.05, 4.69) is 4.98 Å². The Balaban J connectivity index is 1.49. The van der Waals surface area contributed by atoms with Gasteiger partial charge in [0.1, 0.15) is 5.75 Å². The molecular formula is C26H25F3N2O3S. The molecule has 9 heteroatoms. The third kappa shape index (κ3) is 5.96. The number of aryl methyl sites for hydroxylation is 1. The van der Waals surface area contributed by atoms with E-state index in [1.54, 1.807) is 24.0 Å². The second-order valence-electron chi connectivity index (χ2n) is 9.09. The van der Waals surface area contributed by atoms with Gasteiger partial charge < -0.3 is 9.84 Å². The van der Waals surface area contributed by atoms with Crippen molar-refractivity contribution in [2.45, 2.75) is 62.0 Å². The lowest BCUT2D eigenvalue weighted by molar-refractivity contribution is -0.152. The first kappa shape index (κ1) is 25.0. The van der Waals surface area contributed by atoms with Crippen LogP contribution in [0.3, 0.4) is 0 Å². The van der Waals surface area contributed by atoms with E-state index in [4.69, 9.17) is 9.72 Å². The van der Waals surface area contributed by atoms with Crippen LogP contribution in [-0.4, -0.2) is 26.6 Å². The van der Waals surface area contributed by atoms with Crippen molar-refractivity contribution >= 4 is 17.7 Å². The average Bonchev–Trinajstić information content (AvgIpc) is 3.64. The minimum Gasteiger partial charge on any atom is -0.478 e. The first-order chi connectivity index (χ1) is 16.4. The third-order valence-electron chi connectivity index (χ3n) is 5.75. The van der Waals surface area contributed by atoms with Crippen LogP contribution in [0.25, 0.3) is 11.4 Å². The molecule has 1 aliphatic carbocycles. The summed E-state index contributed by atoms with van der Waals surface area (Å²) in [6.07, 6.45) is -0.549. The second kappa shape index (κ2) is 9.53. The predicted octanol–water partition coefficient (Wildman–Crippen LogP) is 6.88. The summed E-state index contributed by atoms with van der Waals surface area (Å²) in [5.41, 5.74) is 1.30. The van der Waals surface area contributed by atoms with Crippen LogP contribution in [0.2, 0.25) is 0 Å². The number of aliphatic carboxylic acids is 1. The summed E-state index contributed by atoms with van der Waals surface area (Å²) in [6, 6.07) is 10.5. The zero-order valence-corrected chi connectivity index (χ0v) is 20.3. The van der Waals surface area contributed by atoms with E-state index >= 15 is 0 Å². The monoisotopic (exact) mass is 502 g/mol. The summed E-state index contributed by atoms with van der Waals surface area (Å²) in [5, 5.41) is 9.28. The van der Waals surface area contributed by atoms with E-state index in [0.717, 1.165) is 46.7 Å². The zero-order valence-electron chi connectivity index (χ0n) is 19.5. The van der Waals surface area contributed by atoms with Crippen LogP contribution in [0.5, 0.6) is 5.75 Å². The Morgan fingerprint density at radius 3 is 2.40 bits per heavy atom. The summed E-state index contributed by atoms with van der Waals surface area (Å²) in [7, 11) is 0.